The monoisotopic (exact) mass is 245 g/mol. The van der Waals surface area contributed by atoms with E-state index in [0.29, 0.717) is 5.57 Å². The van der Waals surface area contributed by atoms with Crippen molar-refractivity contribution in [2.45, 2.75) is 19.4 Å². The molecule has 0 heterocycles. The maximum absolute atomic E-state index is 10.9. The summed E-state index contributed by atoms with van der Waals surface area (Å²) in [6.07, 6.45) is -0.893. The van der Waals surface area contributed by atoms with Gasteiger partial charge in [0, 0.05) is 13.3 Å². The van der Waals surface area contributed by atoms with Gasteiger partial charge in [-0.2, -0.15) is 0 Å². The minimum Gasteiger partial charge on any atom is -0.480 e. The lowest BCUT2D eigenvalue weighted by Crippen LogP contribution is -2.41. The van der Waals surface area contributed by atoms with Crippen molar-refractivity contribution in [3.05, 3.63) is 12.2 Å². The van der Waals surface area contributed by atoms with E-state index in [-0.39, 0.29) is 13.0 Å². The smallest absolute Gasteiger partial charge is 0.407 e. The number of hydrogen-bond donors (Lipinski definition) is 2. The van der Waals surface area contributed by atoms with E-state index in [1.807, 2.05) is 0 Å². The van der Waals surface area contributed by atoms with Gasteiger partial charge >= 0.3 is 18.0 Å². The first-order valence-electron chi connectivity index (χ1n) is 4.74. The Morgan fingerprint density at radius 2 is 2.00 bits per heavy atom. The zero-order valence-corrected chi connectivity index (χ0v) is 9.69. The Morgan fingerprint density at radius 1 is 1.41 bits per heavy atom. The molecule has 0 bridgehead atoms. The molecule has 0 spiro atoms. The summed E-state index contributed by atoms with van der Waals surface area (Å²) in [6, 6.07) is -1.16. The average Bonchev–Trinajstić information content (AvgIpc) is 2.25. The van der Waals surface area contributed by atoms with Crippen molar-refractivity contribution in [3.63, 3.8) is 0 Å². The maximum atomic E-state index is 10.9. The molecule has 0 aliphatic carbocycles. The van der Waals surface area contributed by atoms with E-state index in [9.17, 15) is 14.4 Å². The number of alkyl carbamates (subject to hydrolysis) is 1. The molecule has 96 valence electrons. The lowest BCUT2D eigenvalue weighted by atomic mass is 10.1. The minimum absolute atomic E-state index is 0.0439. The number of carboxylic acids is 1. The number of esters is 1. The van der Waals surface area contributed by atoms with Crippen molar-refractivity contribution in [2.24, 2.45) is 0 Å². The SMILES string of the molecule is C=C(COC(C)=O)C[C@H](NC(=O)OC)C(=O)O. The predicted octanol–water partition coefficient (Wildman–Crippen LogP) is 0.305. The van der Waals surface area contributed by atoms with Crippen molar-refractivity contribution in [1.29, 1.82) is 0 Å². The highest BCUT2D eigenvalue weighted by Gasteiger charge is 2.21. The van der Waals surface area contributed by atoms with E-state index >= 15 is 0 Å². The Bertz CT molecular complexity index is 325. The van der Waals surface area contributed by atoms with Gasteiger partial charge in [0.2, 0.25) is 0 Å². The van der Waals surface area contributed by atoms with Gasteiger partial charge in [0.1, 0.15) is 12.6 Å². The van der Waals surface area contributed by atoms with E-state index in [0.717, 1.165) is 7.11 Å². The first kappa shape index (κ1) is 14.9. The maximum Gasteiger partial charge on any atom is 0.407 e. The summed E-state index contributed by atoms with van der Waals surface area (Å²) in [4.78, 5) is 32.2. The third-order valence-electron chi connectivity index (χ3n) is 1.75. The Labute approximate surface area is 98.4 Å². The van der Waals surface area contributed by atoms with Crippen LogP contribution >= 0.6 is 0 Å². The minimum atomic E-state index is -1.22. The fourth-order valence-corrected chi connectivity index (χ4v) is 0.953. The number of methoxy groups -OCH3 is 1. The molecule has 0 fully saturated rings. The quantitative estimate of drug-likeness (QED) is 0.515. The Balaban J connectivity index is 4.25. The van der Waals surface area contributed by atoms with Gasteiger partial charge < -0.3 is 19.9 Å². The Hall–Kier alpha value is -2.05. The lowest BCUT2D eigenvalue weighted by molar-refractivity contribution is -0.140. The molecule has 0 aliphatic heterocycles. The number of carbonyl (C=O) groups excluding carboxylic acids is 2. The molecule has 0 saturated heterocycles. The molecule has 0 rings (SSSR count). The van der Waals surface area contributed by atoms with Crippen LogP contribution in [0.1, 0.15) is 13.3 Å². The highest BCUT2D eigenvalue weighted by molar-refractivity contribution is 5.80. The van der Waals surface area contributed by atoms with Gasteiger partial charge in [-0.15, -0.1) is 0 Å². The summed E-state index contributed by atoms with van der Waals surface area (Å²) in [5.74, 6) is -1.71. The number of carbonyl (C=O) groups is 3. The number of ether oxygens (including phenoxy) is 2. The highest BCUT2D eigenvalue weighted by Crippen LogP contribution is 2.05. The summed E-state index contributed by atoms with van der Waals surface area (Å²) >= 11 is 0. The van der Waals surface area contributed by atoms with Gasteiger partial charge in [-0.3, -0.25) is 4.79 Å². The lowest BCUT2D eigenvalue weighted by Gasteiger charge is -2.14. The fraction of sp³-hybridized carbons (Fsp3) is 0.500. The zero-order valence-electron chi connectivity index (χ0n) is 9.69. The first-order chi connectivity index (χ1) is 7.86. The second-order valence-electron chi connectivity index (χ2n) is 3.26. The van der Waals surface area contributed by atoms with E-state index in [4.69, 9.17) is 5.11 Å². The molecular weight excluding hydrogens is 230 g/mol. The van der Waals surface area contributed by atoms with Gasteiger partial charge in [0.15, 0.2) is 0 Å². The van der Waals surface area contributed by atoms with Crippen LogP contribution in [0.2, 0.25) is 0 Å². The second-order valence-corrected chi connectivity index (χ2v) is 3.26. The van der Waals surface area contributed by atoms with Crippen molar-refractivity contribution < 1.29 is 29.0 Å². The summed E-state index contributed by atoms with van der Waals surface area (Å²) in [7, 11) is 1.13. The van der Waals surface area contributed by atoms with Crippen molar-refractivity contribution in [3.8, 4) is 0 Å². The summed E-state index contributed by atoms with van der Waals surface area (Å²) in [6.45, 7) is 4.70. The third-order valence-corrected chi connectivity index (χ3v) is 1.75. The topological polar surface area (TPSA) is 102 Å². The van der Waals surface area contributed by atoms with E-state index in [1.165, 1.54) is 6.92 Å². The molecule has 0 aliphatic rings. The number of amides is 1. The number of nitrogens with one attached hydrogen (secondary N) is 1. The van der Waals surface area contributed by atoms with E-state index < -0.39 is 24.1 Å². The molecule has 0 aromatic carbocycles. The summed E-state index contributed by atoms with van der Waals surface area (Å²) < 4.78 is 8.92. The van der Waals surface area contributed by atoms with Crippen LogP contribution in [0.3, 0.4) is 0 Å². The van der Waals surface area contributed by atoms with Crippen LogP contribution in [0.15, 0.2) is 12.2 Å². The largest absolute Gasteiger partial charge is 0.480 e. The standard InChI is InChI=1S/C10H15NO6/c1-6(5-17-7(2)12)4-8(9(13)14)11-10(15)16-3/h8H,1,4-5H2,2-3H3,(H,11,15)(H,13,14)/t8-/m0/s1. The van der Waals surface area contributed by atoms with Crippen molar-refractivity contribution >= 4 is 18.0 Å². The normalized spacial score (nSPS) is 11.2. The van der Waals surface area contributed by atoms with E-state index in [2.05, 4.69) is 21.4 Å². The molecule has 2 N–H and O–H groups in total. The van der Waals surface area contributed by atoms with Gasteiger partial charge in [0.25, 0.3) is 0 Å². The van der Waals surface area contributed by atoms with Crippen LogP contribution in [-0.2, 0) is 19.1 Å². The molecule has 0 saturated carbocycles. The number of aliphatic carboxylic acids is 1. The molecule has 7 nitrogen and oxygen atoms in total. The number of rotatable bonds is 6. The number of carboxylic acid groups (broad SMARTS) is 1. The van der Waals surface area contributed by atoms with Crippen LogP contribution in [0.5, 0.6) is 0 Å². The van der Waals surface area contributed by atoms with E-state index in [1.54, 1.807) is 0 Å². The fourth-order valence-electron chi connectivity index (χ4n) is 0.953. The highest BCUT2D eigenvalue weighted by atomic mass is 16.5. The molecule has 0 unspecified atom stereocenters. The van der Waals surface area contributed by atoms with Gasteiger partial charge in [-0.25, -0.2) is 9.59 Å². The third kappa shape index (κ3) is 6.93. The van der Waals surface area contributed by atoms with Gasteiger partial charge in [-0.05, 0) is 5.57 Å². The summed E-state index contributed by atoms with van der Waals surface area (Å²) in [5, 5.41) is 10.9. The Morgan fingerprint density at radius 3 is 2.41 bits per heavy atom. The molecule has 1 amide bonds. The second kappa shape index (κ2) is 7.26. The predicted molar refractivity (Wildman–Crippen MR) is 57.4 cm³/mol. The van der Waals surface area contributed by atoms with Crippen LogP contribution < -0.4 is 5.32 Å². The molecular formula is C10H15NO6. The molecule has 0 aromatic rings. The average molecular weight is 245 g/mol. The number of hydrogen-bond acceptors (Lipinski definition) is 5. The molecule has 17 heavy (non-hydrogen) atoms. The van der Waals surface area contributed by atoms with Gasteiger partial charge in [0.05, 0.1) is 7.11 Å². The molecule has 1 atom stereocenters. The van der Waals surface area contributed by atoms with Crippen LogP contribution in [0, 0.1) is 0 Å². The summed E-state index contributed by atoms with van der Waals surface area (Å²) in [5.41, 5.74) is 0.379. The van der Waals surface area contributed by atoms with Crippen LogP contribution in [0.25, 0.3) is 0 Å². The Kier molecular flexibility index (Phi) is 6.39. The molecule has 0 radical (unpaired) electrons. The van der Waals surface area contributed by atoms with Crippen molar-refractivity contribution in [1.82, 2.24) is 5.32 Å². The zero-order chi connectivity index (χ0) is 13.4. The van der Waals surface area contributed by atoms with Crippen LogP contribution in [-0.4, -0.2) is 42.9 Å². The first-order valence-corrected chi connectivity index (χ1v) is 4.74. The van der Waals surface area contributed by atoms with Crippen LogP contribution in [0.4, 0.5) is 4.79 Å². The van der Waals surface area contributed by atoms with Crippen molar-refractivity contribution in [2.75, 3.05) is 13.7 Å². The molecule has 7 heteroatoms. The van der Waals surface area contributed by atoms with Gasteiger partial charge in [-0.1, -0.05) is 6.58 Å². The molecule has 0 aromatic heterocycles.